The predicted octanol–water partition coefficient (Wildman–Crippen LogP) is 3.37. The van der Waals surface area contributed by atoms with Gasteiger partial charge >= 0.3 is 0 Å². The molecule has 0 saturated heterocycles. The van der Waals surface area contributed by atoms with Gasteiger partial charge in [-0.2, -0.15) is 0 Å². The molecule has 0 aliphatic rings. The number of fused-ring (bicyclic) bond motifs is 1. The molecule has 0 aliphatic carbocycles. The smallest absolute Gasteiger partial charge is 0.260 e. The van der Waals surface area contributed by atoms with Crippen molar-refractivity contribution >= 4 is 26.7 Å². The number of aromatic nitrogens is 2. The Balaban J connectivity index is 2.30. The van der Waals surface area contributed by atoms with Gasteiger partial charge in [-0.25, -0.2) is 4.98 Å². The molecule has 1 aromatic carbocycles. The molecule has 2 aromatic heterocycles. The lowest BCUT2D eigenvalue weighted by Gasteiger charge is -2.09. The number of benzene rings is 1. The number of nitrogens with one attached hydrogen (secondary N) is 1. The van der Waals surface area contributed by atoms with Crippen LogP contribution < -0.4 is 15.0 Å². The highest BCUT2D eigenvalue weighted by Crippen LogP contribution is 2.30. The molecule has 6 heteroatoms. The number of aromatic amines is 1. The first-order chi connectivity index (χ1) is 10.6. The fraction of sp³-hybridized carbons (Fsp3) is 0.125. The van der Waals surface area contributed by atoms with Crippen molar-refractivity contribution in [3.8, 4) is 22.9 Å². The summed E-state index contributed by atoms with van der Waals surface area (Å²) in [6, 6.07) is 10.9. The van der Waals surface area contributed by atoms with Gasteiger partial charge in [0.2, 0.25) is 0 Å². The van der Waals surface area contributed by atoms with Crippen LogP contribution in [0.4, 0.5) is 0 Å². The number of pyridine rings is 2. The molecule has 2 heterocycles. The van der Waals surface area contributed by atoms with E-state index in [0.717, 1.165) is 5.39 Å². The van der Waals surface area contributed by atoms with Crippen molar-refractivity contribution in [1.82, 2.24) is 9.97 Å². The molecule has 5 nitrogen and oxygen atoms in total. The number of H-pyrrole nitrogens is 1. The van der Waals surface area contributed by atoms with Gasteiger partial charge in [-0.3, -0.25) is 4.79 Å². The zero-order chi connectivity index (χ0) is 15.7. The molecule has 0 aliphatic heterocycles. The van der Waals surface area contributed by atoms with E-state index in [4.69, 9.17) is 9.47 Å². The molecule has 0 unspecified atom stereocenters. The average molecular weight is 361 g/mol. The molecule has 3 aromatic rings. The molecule has 0 saturated carbocycles. The van der Waals surface area contributed by atoms with Gasteiger partial charge in [0.15, 0.2) is 0 Å². The van der Waals surface area contributed by atoms with Crippen LogP contribution in [0.15, 0.2) is 45.8 Å². The Morgan fingerprint density at radius 2 is 1.95 bits per heavy atom. The first kappa shape index (κ1) is 14.6. The van der Waals surface area contributed by atoms with Crippen molar-refractivity contribution in [2.24, 2.45) is 0 Å². The van der Waals surface area contributed by atoms with Gasteiger partial charge in [0.25, 0.3) is 5.56 Å². The van der Waals surface area contributed by atoms with Crippen molar-refractivity contribution in [2.75, 3.05) is 14.2 Å². The fourth-order valence-electron chi connectivity index (χ4n) is 2.32. The molecule has 1 N–H and O–H groups in total. The zero-order valence-corrected chi connectivity index (χ0v) is 13.6. The van der Waals surface area contributed by atoms with Crippen LogP contribution in [0.2, 0.25) is 0 Å². The number of hydrogen-bond donors (Lipinski definition) is 1. The van der Waals surface area contributed by atoms with Gasteiger partial charge in [-0.15, -0.1) is 0 Å². The average Bonchev–Trinajstić information content (AvgIpc) is 2.53. The maximum atomic E-state index is 12.4. The lowest BCUT2D eigenvalue weighted by molar-refractivity contribution is 0.398. The van der Waals surface area contributed by atoms with Crippen LogP contribution in [0.25, 0.3) is 22.2 Å². The van der Waals surface area contributed by atoms with Gasteiger partial charge in [0.05, 0.1) is 31.0 Å². The summed E-state index contributed by atoms with van der Waals surface area (Å²) < 4.78 is 11.2. The number of halogens is 1. The maximum absolute atomic E-state index is 12.4. The van der Waals surface area contributed by atoms with Crippen molar-refractivity contribution in [2.45, 2.75) is 0 Å². The van der Waals surface area contributed by atoms with Crippen LogP contribution in [0.3, 0.4) is 0 Å². The molecule has 0 amide bonds. The number of methoxy groups -OCH3 is 2. The minimum absolute atomic E-state index is 0.228. The minimum Gasteiger partial charge on any atom is -0.497 e. The minimum atomic E-state index is -0.228. The normalized spacial score (nSPS) is 10.7. The summed E-state index contributed by atoms with van der Waals surface area (Å²) in [5.41, 5.74) is 1.08. The maximum Gasteiger partial charge on any atom is 0.260 e. The van der Waals surface area contributed by atoms with Crippen LogP contribution in [0.1, 0.15) is 0 Å². The van der Waals surface area contributed by atoms with Crippen molar-refractivity contribution < 1.29 is 9.47 Å². The van der Waals surface area contributed by atoms with Gasteiger partial charge in [0, 0.05) is 6.07 Å². The molecule has 112 valence electrons. The van der Waals surface area contributed by atoms with Gasteiger partial charge in [0.1, 0.15) is 16.1 Å². The number of nitrogens with zero attached hydrogens (tertiary/aromatic N) is 1. The topological polar surface area (TPSA) is 64.2 Å². The summed E-state index contributed by atoms with van der Waals surface area (Å²) >= 11 is 3.33. The molecule has 22 heavy (non-hydrogen) atoms. The third-order valence-corrected chi connectivity index (χ3v) is 3.77. The van der Waals surface area contributed by atoms with E-state index in [1.54, 1.807) is 19.2 Å². The van der Waals surface area contributed by atoms with E-state index in [9.17, 15) is 4.79 Å². The summed E-state index contributed by atoms with van der Waals surface area (Å²) in [6.07, 6.45) is 0. The Hall–Kier alpha value is -2.34. The first-order valence-corrected chi connectivity index (χ1v) is 7.33. The highest BCUT2D eigenvalue weighted by Gasteiger charge is 2.12. The molecule has 0 atom stereocenters. The second-order valence-corrected chi connectivity index (χ2v) is 5.46. The lowest BCUT2D eigenvalue weighted by atomic mass is 10.1. The van der Waals surface area contributed by atoms with Crippen LogP contribution >= 0.6 is 15.9 Å². The van der Waals surface area contributed by atoms with E-state index >= 15 is 0 Å². The van der Waals surface area contributed by atoms with Crippen LogP contribution in [0.5, 0.6) is 11.5 Å². The summed E-state index contributed by atoms with van der Waals surface area (Å²) in [5, 5.41) is 1.22. The Labute approximate surface area is 135 Å². The highest BCUT2D eigenvalue weighted by molar-refractivity contribution is 9.10. The van der Waals surface area contributed by atoms with E-state index in [1.165, 1.54) is 7.11 Å². The monoisotopic (exact) mass is 360 g/mol. The standard InChI is InChI=1S/C16H13BrN2O3/c1-21-10-6-9-7-12(11-4-3-5-14(17)18-11)19-16(20)15(9)13(8-10)22-2/h3-8H,1-2H3,(H,19,20). The SMILES string of the molecule is COc1cc(OC)c2c(=O)[nH]c(-c3cccc(Br)n3)cc2c1. The molecule has 0 radical (unpaired) electrons. The van der Waals surface area contributed by atoms with E-state index in [1.807, 2.05) is 24.3 Å². The second-order valence-electron chi connectivity index (χ2n) is 4.65. The summed E-state index contributed by atoms with van der Waals surface area (Å²) in [4.78, 5) is 19.6. The Morgan fingerprint density at radius 3 is 2.64 bits per heavy atom. The third-order valence-electron chi connectivity index (χ3n) is 3.33. The van der Waals surface area contributed by atoms with Crippen LogP contribution in [-0.2, 0) is 0 Å². The zero-order valence-electron chi connectivity index (χ0n) is 12.0. The Kier molecular flexibility index (Phi) is 3.85. The Bertz CT molecular complexity index is 906. The van der Waals surface area contributed by atoms with E-state index in [2.05, 4.69) is 25.9 Å². The third kappa shape index (κ3) is 2.57. The van der Waals surface area contributed by atoms with Crippen molar-refractivity contribution in [3.63, 3.8) is 0 Å². The fourth-order valence-corrected chi connectivity index (χ4v) is 2.66. The van der Waals surface area contributed by atoms with Crippen molar-refractivity contribution in [3.05, 3.63) is 51.4 Å². The van der Waals surface area contributed by atoms with Gasteiger partial charge in [-0.05, 0) is 45.6 Å². The van der Waals surface area contributed by atoms with Gasteiger partial charge in [-0.1, -0.05) is 6.07 Å². The summed E-state index contributed by atoms with van der Waals surface area (Å²) in [7, 11) is 3.10. The number of ether oxygens (including phenoxy) is 2. The van der Waals surface area contributed by atoms with Crippen LogP contribution in [-0.4, -0.2) is 24.2 Å². The van der Waals surface area contributed by atoms with Crippen molar-refractivity contribution in [1.29, 1.82) is 0 Å². The molecule has 0 fully saturated rings. The van der Waals surface area contributed by atoms with E-state index < -0.39 is 0 Å². The molecule has 3 rings (SSSR count). The van der Waals surface area contributed by atoms with Gasteiger partial charge < -0.3 is 14.5 Å². The molecule has 0 spiro atoms. The summed E-state index contributed by atoms with van der Waals surface area (Å²) in [5.74, 6) is 1.10. The molecular weight excluding hydrogens is 348 g/mol. The second kappa shape index (κ2) is 5.81. The lowest BCUT2D eigenvalue weighted by Crippen LogP contribution is -2.09. The van der Waals surface area contributed by atoms with Crippen LogP contribution in [0, 0.1) is 0 Å². The highest BCUT2D eigenvalue weighted by atomic mass is 79.9. The predicted molar refractivity (Wildman–Crippen MR) is 88.6 cm³/mol. The summed E-state index contributed by atoms with van der Waals surface area (Å²) in [6.45, 7) is 0. The van der Waals surface area contributed by atoms with E-state index in [-0.39, 0.29) is 5.56 Å². The molecule has 0 bridgehead atoms. The number of hydrogen-bond acceptors (Lipinski definition) is 4. The Morgan fingerprint density at radius 1 is 1.14 bits per heavy atom. The quantitative estimate of drug-likeness (QED) is 0.727. The number of rotatable bonds is 3. The van der Waals surface area contributed by atoms with E-state index in [0.29, 0.717) is 32.9 Å². The first-order valence-electron chi connectivity index (χ1n) is 6.54. The largest absolute Gasteiger partial charge is 0.497 e. The molecular formula is C16H13BrN2O3.